The first kappa shape index (κ1) is 17.8. The molecule has 0 aliphatic heterocycles. The molecule has 0 spiro atoms. The molecule has 0 saturated heterocycles. The lowest BCUT2D eigenvalue weighted by atomic mass is 10.3. The Morgan fingerprint density at radius 1 is 1.14 bits per heavy atom. The lowest BCUT2D eigenvalue weighted by molar-refractivity contribution is -0.111. The van der Waals surface area contributed by atoms with Crippen LogP contribution in [0.3, 0.4) is 0 Å². The highest BCUT2D eigenvalue weighted by Crippen LogP contribution is 2.31. The Morgan fingerprint density at radius 3 is 2.75 bits per heavy atom. The fourth-order valence-electron chi connectivity index (χ4n) is 2.65. The van der Waals surface area contributed by atoms with Crippen molar-refractivity contribution >= 4 is 28.5 Å². The van der Waals surface area contributed by atoms with Crippen molar-refractivity contribution in [2.75, 3.05) is 5.32 Å². The number of hydrogen-bond acceptors (Lipinski definition) is 5. The van der Waals surface area contributed by atoms with Gasteiger partial charge in [0.1, 0.15) is 0 Å². The molecule has 138 valence electrons. The van der Waals surface area contributed by atoms with Crippen molar-refractivity contribution in [2.24, 2.45) is 0 Å². The molecular weight excluding hydrogens is 370 g/mol. The van der Waals surface area contributed by atoms with Crippen LogP contribution in [0.15, 0.2) is 73.2 Å². The van der Waals surface area contributed by atoms with Crippen molar-refractivity contribution in [3.8, 4) is 16.3 Å². The summed E-state index contributed by atoms with van der Waals surface area (Å²) in [5.74, 6) is -0.242. The second-order valence-electron chi connectivity index (χ2n) is 6.02. The number of nitrogens with zero attached hydrogens (tertiary/aromatic N) is 4. The normalized spacial score (nSPS) is 11.0. The zero-order chi connectivity index (χ0) is 19.3. The molecule has 4 aromatic rings. The maximum absolute atomic E-state index is 12.2. The van der Waals surface area contributed by atoms with E-state index in [0.29, 0.717) is 5.13 Å². The third kappa shape index (κ3) is 4.05. The van der Waals surface area contributed by atoms with Gasteiger partial charge in [0, 0.05) is 24.0 Å². The summed E-state index contributed by atoms with van der Waals surface area (Å²) in [6.07, 6.45) is 8.52. The Bertz CT molecular complexity index is 1120. The molecule has 0 aliphatic carbocycles. The minimum Gasteiger partial charge on any atom is -0.298 e. The van der Waals surface area contributed by atoms with Crippen molar-refractivity contribution in [1.29, 1.82) is 0 Å². The molecule has 0 aliphatic rings. The van der Waals surface area contributed by atoms with Crippen LogP contribution in [0.5, 0.6) is 0 Å². The number of aryl methyl sites for hydroxylation is 1. The zero-order valence-electron chi connectivity index (χ0n) is 15.1. The maximum atomic E-state index is 12.2. The molecule has 1 aromatic carbocycles. The summed E-state index contributed by atoms with van der Waals surface area (Å²) < 4.78 is 1.76. The largest absolute Gasteiger partial charge is 0.298 e. The van der Waals surface area contributed by atoms with Gasteiger partial charge in [0.15, 0.2) is 5.13 Å². The van der Waals surface area contributed by atoms with Gasteiger partial charge in [-0.25, -0.2) is 9.67 Å². The van der Waals surface area contributed by atoms with Crippen molar-refractivity contribution in [3.63, 3.8) is 0 Å². The van der Waals surface area contributed by atoms with Gasteiger partial charge in [0.25, 0.3) is 0 Å². The van der Waals surface area contributed by atoms with Gasteiger partial charge >= 0.3 is 0 Å². The van der Waals surface area contributed by atoms with Crippen molar-refractivity contribution in [3.05, 3.63) is 84.5 Å². The SMILES string of the molecule is Cc1nc(NC(=O)/C=C/c2cnn(-c3ccccc3)c2)sc1-c1ccccn1. The molecule has 0 unspecified atom stereocenters. The molecular formula is C21H17N5OS. The monoisotopic (exact) mass is 387 g/mol. The van der Waals surface area contributed by atoms with E-state index >= 15 is 0 Å². The van der Waals surface area contributed by atoms with Gasteiger partial charge in [-0.15, -0.1) is 0 Å². The summed E-state index contributed by atoms with van der Waals surface area (Å²) in [6.45, 7) is 1.91. The van der Waals surface area contributed by atoms with Crippen LogP contribution in [0.25, 0.3) is 22.3 Å². The summed E-state index contributed by atoms with van der Waals surface area (Å²) in [4.78, 5) is 22.0. The molecule has 1 N–H and O–H groups in total. The highest BCUT2D eigenvalue weighted by Gasteiger charge is 2.11. The molecule has 0 atom stereocenters. The van der Waals surface area contributed by atoms with Crippen LogP contribution in [-0.2, 0) is 4.79 Å². The number of aromatic nitrogens is 4. The van der Waals surface area contributed by atoms with E-state index in [4.69, 9.17) is 0 Å². The van der Waals surface area contributed by atoms with Gasteiger partial charge in [-0.3, -0.25) is 15.1 Å². The molecule has 6 nitrogen and oxygen atoms in total. The van der Waals surface area contributed by atoms with Gasteiger partial charge in [-0.1, -0.05) is 35.6 Å². The van der Waals surface area contributed by atoms with Gasteiger partial charge < -0.3 is 0 Å². The Hall–Kier alpha value is -3.58. The van der Waals surface area contributed by atoms with E-state index in [2.05, 4.69) is 20.4 Å². The topological polar surface area (TPSA) is 72.7 Å². The lowest BCUT2D eigenvalue weighted by Gasteiger charge is -1.98. The number of para-hydroxylation sites is 1. The van der Waals surface area contributed by atoms with E-state index in [0.717, 1.165) is 27.5 Å². The summed E-state index contributed by atoms with van der Waals surface area (Å²) in [5.41, 5.74) is 3.49. The number of rotatable bonds is 5. The van der Waals surface area contributed by atoms with Crippen LogP contribution in [-0.4, -0.2) is 25.7 Å². The molecule has 1 amide bonds. The van der Waals surface area contributed by atoms with Crippen LogP contribution in [0.4, 0.5) is 5.13 Å². The number of anilines is 1. The molecule has 0 saturated carbocycles. The number of thiazole rings is 1. The van der Waals surface area contributed by atoms with Crippen LogP contribution in [0, 0.1) is 6.92 Å². The average molecular weight is 387 g/mol. The number of carbonyl (C=O) groups is 1. The number of benzene rings is 1. The quantitative estimate of drug-likeness (QED) is 0.517. The van der Waals surface area contributed by atoms with Crippen LogP contribution in [0.1, 0.15) is 11.3 Å². The molecule has 0 fully saturated rings. The molecule has 0 radical (unpaired) electrons. The van der Waals surface area contributed by atoms with Crippen LogP contribution < -0.4 is 5.32 Å². The maximum Gasteiger partial charge on any atom is 0.250 e. The molecule has 28 heavy (non-hydrogen) atoms. The predicted octanol–water partition coefficient (Wildman–Crippen LogP) is 4.35. The van der Waals surface area contributed by atoms with Gasteiger partial charge in [0.2, 0.25) is 5.91 Å². The number of amides is 1. The third-order valence-electron chi connectivity index (χ3n) is 3.97. The minimum absolute atomic E-state index is 0.242. The van der Waals surface area contributed by atoms with Crippen molar-refractivity contribution < 1.29 is 4.79 Å². The second kappa shape index (κ2) is 7.98. The van der Waals surface area contributed by atoms with E-state index in [9.17, 15) is 4.79 Å². The standard InChI is InChI=1S/C21H17N5OS/c1-15-20(18-9-5-6-12-22-18)28-21(24-15)25-19(27)11-10-16-13-23-26(14-16)17-7-3-2-4-8-17/h2-14H,1H3,(H,24,25,27)/b11-10+. The number of hydrogen-bond donors (Lipinski definition) is 1. The number of pyridine rings is 1. The average Bonchev–Trinajstić information content (AvgIpc) is 3.34. The van der Waals surface area contributed by atoms with Gasteiger partial charge in [-0.2, -0.15) is 5.10 Å². The highest BCUT2D eigenvalue weighted by molar-refractivity contribution is 7.19. The van der Waals surface area contributed by atoms with Crippen LogP contribution >= 0.6 is 11.3 Å². The van der Waals surface area contributed by atoms with Gasteiger partial charge in [-0.05, 0) is 37.3 Å². The Morgan fingerprint density at radius 2 is 1.96 bits per heavy atom. The lowest BCUT2D eigenvalue weighted by Crippen LogP contribution is -2.07. The zero-order valence-corrected chi connectivity index (χ0v) is 15.9. The first-order chi connectivity index (χ1) is 13.7. The fraction of sp³-hybridized carbons (Fsp3) is 0.0476. The molecule has 4 rings (SSSR count). The fourth-order valence-corrected chi connectivity index (χ4v) is 3.59. The first-order valence-corrected chi connectivity index (χ1v) is 9.49. The first-order valence-electron chi connectivity index (χ1n) is 8.67. The second-order valence-corrected chi connectivity index (χ2v) is 7.02. The molecule has 0 bridgehead atoms. The highest BCUT2D eigenvalue weighted by atomic mass is 32.1. The Labute approximate surface area is 166 Å². The molecule has 3 aromatic heterocycles. The van der Waals surface area contributed by atoms with E-state index in [1.54, 1.807) is 23.2 Å². The summed E-state index contributed by atoms with van der Waals surface area (Å²) in [7, 11) is 0. The molecule has 7 heteroatoms. The minimum atomic E-state index is -0.242. The van der Waals surface area contributed by atoms with Gasteiger partial charge in [0.05, 0.1) is 28.1 Å². The summed E-state index contributed by atoms with van der Waals surface area (Å²) in [6, 6.07) is 15.5. The van der Waals surface area contributed by atoms with E-state index in [1.165, 1.54) is 17.4 Å². The number of carbonyl (C=O) groups excluding carboxylic acids is 1. The van der Waals surface area contributed by atoms with Crippen molar-refractivity contribution in [1.82, 2.24) is 19.7 Å². The summed E-state index contributed by atoms with van der Waals surface area (Å²) >= 11 is 1.41. The summed E-state index contributed by atoms with van der Waals surface area (Å²) in [5, 5.41) is 7.67. The van der Waals surface area contributed by atoms with Crippen LogP contribution in [0.2, 0.25) is 0 Å². The van der Waals surface area contributed by atoms with E-state index in [-0.39, 0.29) is 5.91 Å². The van der Waals surface area contributed by atoms with E-state index < -0.39 is 0 Å². The Balaban J connectivity index is 1.43. The number of nitrogens with one attached hydrogen (secondary N) is 1. The predicted molar refractivity (Wildman–Crippen MR) is 111 cm³/mol. The van der Waals surface area contributed by atoms with Crippen molar-refractivity contribution in [2.45, 2.75) is 6.92 Å². The van der Waals surface area contributed by atoms with E-state index in [1.807, 2.05) is 61.7 Å². The smallest absolute Gasteiger partial charge is 0.250 e. The molecule has 3 heterocycles. The third-order valence-corrected chi connectivity index (χ3v) is 5.07. The Kier molecular flexibility index (Phi) is 5.07.